The molecular weight excluding hydrogens is 378 g/mol. The normalized spacial score (nSPS) is 17.9. The first kappa shape index (κ1) is 19.8. The van der Waals surface area contributed by atoms with Crippen LogP contribution in [-0.4, -0.2) is 36.5 Å². The molecule has 4 nitrogen and oxygen atoms in total. The van der Waals surface area contributed by atoms with Crippen LogP contribution in [0.5, 0.6) is 0 Å². The Balaban J connectivity index is 1.28. The Kier molecular flexibility index (Phi) is 6.72. The topological polar surface area (TPSA) is 44.4 Å². The molecule has 150 valence electrons. The summed E-state index contributed by atoms with van der Waals surface area (Å²) in [4.78, 5) is 16.2. The van der Waals surface area contributed by atoms with E-state index in [1.807, 2.05) is 24.3 Å². The molecule has 0 aliphatic carbocycles. The van der Waals surface area contributed by atoms with Crippen molar-refractivity contribution < 1.29 is 4.79 Å². The highest BCUT2D eigenvalue weighted by atomic mass is 32.1. The van der Waals surface area contributed by atoms with E-state index in [0.717, 1.165) is 26.1 Å². The Bertz CT molecular complexity index is 883. The lowest BCUT2D eigenvalue weighted by Crippen LogP contribution is -2.42. The van der Waals surface area contributed by atoms with E-state index in [9.17, 15) is 4.79 Å². The number of benzene rings is 2. The number of rotatable bonds is 8. The number of amides is 1. The Morgan fingerprint density at radius 1 is 1.03 bits per heavy atom. The van der Waals surface area contributed by atoms with Crippen molar-refractivity contribution in [3.8, 4) is 0 Å². The molecule has 0 spiro atoms. The molecule has 29 heavy (non-hydrogen) atoms. The molecule has 0 saturated carbocycles. The second-order valence-electron chi connectivity index (χ2n) is 7.51. The molecule has 0 unspecified atom stereocenters. The van der Waals surface area contributed by atoms with Crippen molar-refractivity contribution in [1.29, 1.82) is 0 Å². The van der Waals surface area contributed by atoms with E-state index in [2.05, 4.69) is 69.4 Å². The summed E-state index contributed by atoms with van der Waals surface area (Å²) in [5, 5.41) is 8.73. The number of likely N-dealkylation sites (tertiary alicyclic amines) is 1. The molecule has 2 atom stereocenters. The molecule has 1 amide bonds. The number of thiophene rings is 1. The highest BCUT2D eigenvalue weighted by Crippen LogP contribution is 2.25. The smallest absolute Gasteiger partial charge is 0.234 e. The van der Waals surface area contributed by atoms with Crippen molar-refractivity contribution in [1.82, 2.24) is 15.5 Å². The van der Waals surface area contributed by atoms with Gasteiger partial charge in [0.05, 0.1) is 12.6 Å². The third kappa shape index (κ3) is 5.54. The van der Waals surface area contributed by atoms with Crippen molar-refractivity contribution in [2.75, 3.05) is 19.6 Å². The fourth-order valence-corrected chi connectivity index (χ4v) is 4.72. The van der Waals surface area contributed by atoms with Gasteiger partial charge in [0, 0.05) is 30.6 Å². The average molecular weight is 406 g/mol. The van der Waals surface area contributed by atoms with Gasteiger partial charge in [-0.1, -0.05) is 66.7 Å². The molecule has 2 N–H and O–H groups in total. The summed E-state index contributed by atoms with van der Waals surface area (Å²) in [7, 11) is 0. The summed E-state index contributed by atoms with van der Waals surface area (Å²) >= 11 is 1.71. The van der Waals surface area contributed by atoms with Crippen LogP contribution in [0.1, 0.15) is 28.5 Å². The van der Waals surface area contributed by atoms with Crippen molar-refractivity contribution >= 4 is 17.2 Å². The predicted molar refractivity (Wildman–Crippen MR) is 119 cm³/mol. The molecule has 4 rings (SSSR count). The molecule has 1 aliphatic rings. The maximum atomic E-state index is 12.6. The van der Waals surface area contributed by atoms with Crippen LogP contribution in [0.4, 0.5) is 0 Å². The van der Waals surface area contributed by atoms with Gasteiger partial charge in [-0.15, -0.1) is 11.3 Å². The summed E-state index contributed by atoms with van der Waals surface area (Å²) in [5.41, 5.74) is 2.50. The van der Waals surface area contributed by atoms with Crippen molar-refractivity contribution in [2.45, 2.75) is 25.0 Å². The van der Waals surface area contributed by atoms with Crippen LogP contribution < -0.4 is 10.6 Å². The summed E-state index contributed by atoms with van der Waals surface area (Å²) in [6.45, 7) is 3.19. The maximum Gasteiger partial charge on any atom is 0.234 e. The molecule has 2 aromatic carbocycles. The van der Waals surface area contributed by atoms with Gasteiger partial charge in [0.15, 0.2) is 0 Å². The van der Waals surface area contributed by atoms with Gasteiger partial charge in [-0.3, -0.25) is 15.0 Å². The molecule has 5 heteroatoms. The first-order valence-corrected chi connectivity index (χ1v) is 11.0. The number of nitrogens with one attached hydrogen (secondary N) is 2. The number of hydrogen-bond acceptors (Lipinski definition) is 4. The average Bonchev–Trinajstić information content (AvgIpc) is 3.42. The summed E-state index contributed by atoms with van der Waals surface area (Å²) in [5.74, 6) is 0.0639. The van der Waals surface area contributed by atoms with Crippen LogP contribution in [0.3, 0.4) is 0 Å². The SMILES string of the molecule is O=C(CN[C@@H](c1ccccc1)c1cccs1)N[C@@H]1CCN(Cc2ccccc2)C1. The number of carbonyl (C=O) groups is 1. The molecule has 0 bridgehead atoms. The first-order chi connectivity index (χ1) is 14.3. The summed E-state index contributed by atoms with van der Waals surface area (Å²) in [6, 6.07) is 25.3. The van der Waals surface area contributed by atoms with E-state index in [1.165, 1.54) is 16.0 Å². The van der Waals surface area contributed by atoms with Crippen LogP contribution in [0, 0.1) is 0 Å². The minimum Gasteiger partial charge on any atom is -0.351 e. The third-order valence-electron chi connectivity index (χ3n) is 5.31. The van der Waals surface area contributed by atoms with E-state index in [1.54, 1.807) is 11.3 Å². The van der Waals surface area contributed by atoms with Crippen molar-refractivity contribution in [2.24, 2.45) is 0 Å². The molecule has 1 aromatic heterocycles. The highest BCUT2D eigenvalue weighted by Gasteiger charge is 2.24. The van der Waals surface area contributed by atoms with E-state index in [4.69, 9.17) is 0 Å². The Hall–Kier alpha value is -2.47. The third-order valence-corrected chi connectivity index (χ3v) is 6.25. The number of hydrogen-bond donors (Lipinski definition) is 2. The number of nitrogens with zero attached hydrogens (tertiary/aromatic N) is 1. The first-order valence-electron chi connectivity index (χ1n) is 10.2. The van der Waals surface area contributed by atoms with Crippen LogP contribution in [0.2, 0.25) is 0 Å². The van der Waals surface area contributed by atoms with Gasteiger partial charge in [-0.2, -0.15) is 0 Å². The second kappa shape index (κ2) is 9.83. The zero-order valence-corrected chi connectivity index (χ0v) is 17.3. The molecule has 1 fully saturated rings. The molecular formula is C24H27N3OS. The summed E-state index contributed by atoms with van der Waals surface area (Å²) in [6.07, 6.45) is 1.01. The molecule has 2 heterocycles. The number of carbonyl (C=O) groups excluding carboxylic acids is 1. The monoisotopic (exact) mass is 405 g/mol. The summed E-state index contributed by atoms with van der Waals surface area (Å²) < 4.78 is 0. The van der Waals surface area contributed by atoms with Gasteiger partial charge < -0.3 is 5.32 Å². The van der Waals surface area contributed by atoms with E-state index >= 15 is 0 Å². The van der Waals surface area contributed by atoms with E-state index < -0.39 is 0 Å². The lowest BCUT2D eigenvalue weighted by molar-refractivity contribution is -0.120. The Morgan fingerprint density at radius 3 is 2.52 bits per heavy atom. The molecule has 1 saturated heterocycles. The van der Waals surface area contributed by atoms with Gasteiger partial charge in [-0.05, 0) is 29.0 Å². The lowest BCUT2D eigenvalue weighted by Gasteiger charge is -2.20. The zero-order valence-electron chi connectivity index (χ0n) is 16.5. The molecule has 3 aromatic rings. The van der Waals surface area contributed by atoms with Crippen molar-refractivity contribution in [3.05, 3.63) is 94.2 Å². The predicted octanol–water partition coefficient (Wildman–Crippen LogP) is 3.82. The van der Waals surface area contributed by atoms with Gasteiger partial charge in [0.25, 0.3) is 0 Å². The van der Waals surface area contributed by atoms with E-state index in [-0.39, 0.29) is 18.0 Å². The van der Waals surface area contributed by atoms with Crippen LogP contribution >= 0.6 is 11.3 Å². The van der Waals surface area contributed by atoms with Gasteiger partial charge in [-0.25, -0.2) is 0 Å². The standard InChI is InChI=1S/C24H27N3OS/c28-23(26-21-13-14-27(18-21)17-19-8-3-1-4-9-19)16-25-24(22-12-7-15-29-22)20-10-5-2-6-11-20/h1-12,15,21,24-25H,13-14,16-18H2,(H,26,28)/t21-,24+/m1/s1. The zero-order chi connectivity index (χ0) is 19.9. The van der Waals surface area contributed by atoms with Crippen LogP contribution in [0.25, 0.3) is 0 Å². The molecule has 1 aliphatic heterocycles. The minimum atomic E-state index is 0.0418. The largest absolute Gasteiger partial charge is 0.351 e. The lowest BCUT2D eigenvalue weighted by atomic mass is 10.1. The Morgan fingerprint density at radius 2 is 1.79 bits per heavy atom. The Labute approximate surface area is 176 Å². The maximum absolute atomic E-state index is 12.6. The fourth-order valence-electron chi connectivity index (χ4n) is 3.89. The fraction of sp³-hybridized carbons (Fsp3) is 0.292. The van der Waals surface area contributed by atoms with Crippen LogP contribution in [0.15, 0.2) is 78.2 Å². The second-order valence-corrected chi connectivity index (χ2v) is 8.49. The van der Waals surface area contributed by atoms with Crippen molar-refractivity contribution in [3.63, 3.8) is 0 Å². The molecule has 0 radical (unpaired) electrons. The van der Waals surface area contributed by atoms with Gasteiger partial charge >= 0.3 is 0 Å². The van der Waals surface area contributed by atoms with Gasteiger partial charge in [0.2, 0.25) is 5.91 Å². The quantitative estimate of drug-likeness (QED) is 0.599. The van der Waals surface area contributed by atoms with Crippen LogP contribution in [-0.2, 0) is 11.3 Å². The minimum absolute atomic E-state index is 0.0418. The van der Waals surface area contributed by atoms with Gasteiger partial charge in [0.1, 0.15) is 0 Å². The van der Waals surface area contributed by atoms with E-state index in [0.29, 0.717) is 6.54 Å². The highest BCUT2D eigenvalue weighted by molar-refractivity contribution is 7.10.